The van der Waals surface area contributed by atoms with Crippen molar-refractivity contribution < 1.29 is 27.8 Å². The van der Waals surface area contributed by atoms with Crippen LogP contribution in [0.5, 0.6) is 0 Å². The van der Waals surface area contributed by atoms with E-state index in [1.165, 1.54) is 25.1 Å². The molecule has 0 atom stereocenters. The smallest absolute Gasteiger partial charge is 0.326 e. The fourth-order valence-electron chi connectivity index (χ4n) is 2.35. The fourth-order valence-corrected chi connectivity index (χ4v) is 3.85. The Kier molecular flexibility index (Phi) is 5.93. The summed E-state index contributed by atoms with van der Waals surface area (Å²) in [7, 11) is -3.42. The predicted molar refractivity (Wildman–Crippen MR) is 97.5 cm³/mol. The first-order valence-corrected chi connectivity index (χ1v) is 9.11. The fraction of sp³-hybridized carbons (Fsp3) is 0.188. The Morgan fingerprint density at radius 1 is 1.07 bits per heavy atom. The Morgan fingerprint density at radius 2 is 1.68 bits per heavy atom. The van der Waals surface area contributed by atoms with E-state index in [9.17, 15) is 33.4 Å². The first kappa shape index (κ1) is 20.8. The van der Waals surface area contributed by atoms with Crippen molar-refractivity contribution in [3.05, 3.63) is 68.3 Å². The van der Waals surface area contributed by atoms with Gasteiger partial charge in [-0.05, 0) is 18.6 Å². The monoisotopic (exact) mass is 409 g/mol. The summed E-state index contributed by atoms with van der Waals surface area (Å²) < 4.78 is 31.4. The van der Waals surface area contributed by atoms with Crippen molar-refractivity contribution in [3.63, 3.8) is 0 Å². The third-order valence-corrected chi connectivity index (χ3v) is 5.54. The molecule has 0 amide bonds. The van der Waals surface area contributed by atoms with E-state index in [1.807, 2.05) is 0 Å². The molecule has 0 fully saturated rings. The number of hydrogen-bond donors (Lipinski definition) is 0. The third-order valence-electron chi connectivity index (χ3n) is 3.79. The highest BCUT2D eigenvalue weighted by Gasteiger charge is 2.30. The summed E-state index contributed by atoms with van der Waals surface area (Å²) in [6.45, 7) is 0.732. The second-order valence-corrected chi connectivity index (χ2v) is 7.43. The van der Waals surface area contributed by atoms with E-state index in [0.29, 0.717) is 9.87 Å². The van der Waals surface area contributed by atoms with Crippen LogP contribution in [0.4, 0.5) is 17.1 Å². The summed E-state index contributed by atoms with van der Waals surface area (Å²) in [6.07, 6.45) is 0. The lowest BCUT2D eigenvalue weighted by atomic mass is 10.2. The van der Waals surface area contributed by atoms with E-state index in [1.54, 1.807) is 0 Å². The number of nitrogens with zero attached hydrogens (tertiary/aromatic N) is 3. The van der Waals surface area contributed by atoms with Crippen molar-refractivity contribution >= 4 is 33.1 Å². The van der Waals surface area contributed by atoms with Gasteiger partial charge in [0.1, 0.15) is 6.54 Å². The maximum atomic E-state index is 13.1. The Hall–Kier alpha value is -3.54. The minimum Gasteiger partial charge on any atom is -0.468 e. The largest absolute Gasteiger partial charge is 0.468 e. The average Bonchev–Trinajstić information content (AvgIpc) is 2.66. The molecule has 0 bridgehead atoms. The second kappa shape index (κ2) is 8.00. The van der Waals surface area contributed by atoms with Gasteiger partial charge in [-0.25, -0.2) is 8.42 Å². The van der Waals surface area contributed by atoms with Crippen molar-refractivity contribution in [1.82, 2.24) is 0 Å². The molecule has 0 aromatic heterocycles. The summed E-state index contributed by atoms with van der Waals surface area (Å²) in [5.74, 6) is -0.917. The van der Waals surface area contributed by atoms with Gasteiger partial charge in [0.2, 0.25) is 0 Å². The maximum absolute atomic E-state index is 13.1. The molecular formula is C16H15N3O8S. The molecule has 0 unspecified atom stereocenters. The summed E-state index contributed by atoms with van der Waals surface area (Å²) >= 11 is 0. The van der Waals surface area contributed by atoms with Crippen LogP contribution in [0.2, 0.25) is 0 Å². The van der Waals surface area contributed by atoms with Gasteiger partial charge in [-0.15, -0.1) is 0 Å². The van der Waals surface area contributed by atoms with E-state index in [4.69, 9.17) is 0 Å². The molecule has 0 saturated carbocycles. The van der Waals surface area contributed by atoms with Crippen molar-refractivity contribution in [2.24, 2.45) is 0 Å². The van der Waals surface area contributed by atoms with Gasteiger partial charge in [-0.2, -0.15) is 0 Å². The number of esters is 1. The number of anilines is 1. The van der Waals surface area contributed by atoms with Crippen LogP contribution >= 0.6 is 0 Å². The molecular weight excluding hydrogens is 394 g/mol. The molecule has 0 aliphatic rings. The molecule has 0 N–H and O–H groups in total. The number of nitro groups is 2. The first-order valence-electron chi connectivity index (χ1n) is 7.67. The zero-order valence-corrected chi connectivity index (χ0v) is 15.6. The van der Waals surface area contributed by atoms with Crippen LogP contribution in [0.3, 0.4) is 0 Å². The van der Waals surface area contributed by atoms with Crippen LogP contribution in [0.1, 0.15) is 5.56 Å². The van der Waals surface area contributed by atoms with E-state index in [2.05, 4.69) is 4.74 Å². The Balaban J connectivity index is 2.68. The zero-order chi connectivity index (χ0) is 21.1. The number of non-ortho nitro benzene ring substituents is 2. The quantitative estimate of drug-likeness (QED) is 0.383. The minimum atomic E-state index is -4.47. The molecule has 2 aromatic rings. The molecule has 2 aromatic carbocycles. The number of hydrogen-bond acceptors (Lipinski definition) is 8. The van der Waals surface area contributed by atoms with Crippen LogP contribution in [0, 0.1) is 27.2 Å². The van der Waals surface area contributed by atoms with Crippen molar-refractivity contribution in [3.8, 4) is 0 Å². The first-order chi connectivity index (χ1) is 13.1. The predicted octanol–water partition coefficient (Wildman–Crippen LogP) is 2.18. The molecule has 148 valence electrons. The van der Waals surface area contributed by atoms with Crippen LogP contribution in [0.15, 0.2) is 47.4 Å². The Morgan fingerprint density at radius 3 is 2.25 bits per heavy atom. The SMILES string of the molecule is COC(=O)CN(c1cc([N+](=O)[O-])ccc1C)S(=O)(=O)c1cccc([N+](=O)[O-])c1. The lowest BCUT2D eigenvalue weighted by Crippen LogP contribution is -2.36. The third kappa shape index (κ3) is 4.23. The molecule has 2 rings (SSSR count). The summed E-state index contributed by atoms with van der Waals surface area (Å²) in [5, 5.41) is 22.0. The van der Waals surface area contributed by atoms with Gasteiger partial charge in [0, 0.05) is 24.3 Å². The van der Waals surface area contributed by atoms with E-state index < -0.39 is 43.0 Å². The minimum absolute atomic E-state index is 0.119. The molecule has 28 heavy (non-hydrogen) atoms. The Labute approximate surface area is 159 Å². The van der Waals surface area contributed by atoms with Crippen LogP contribution < -0.4 is 4.31 Å². The number of benzene rings is 2. The van der Waals surface area contributed by atoms with Gasteiger partial charge in [-0.3, -0.25) is 29.3 Å². The summed E-state index contributed by atoms with van der Waals surface area (Å²) in [5.41, 5.74) is -0.630. The maximum Gasteiger partial charge on any atom is 0.326 e. The average molecular weight is 409 g/mol. The molecule has 11 nitrogen and oxygen atoms in total. The molecule has 0 heterocycles. The number of carbonyl (C=O) groups is 1. The number of methoxy groups -OCH3 is 1. The molecule has 0 aliphatic heterocycles. The molecule has 12 heteroatoms. The second-order valence-electron chi connectivity index (χ2n) is 5.57. The van der Waals surface area contributed by atoms with Gasteiger partial charge in [0.05, 0.1) is 27.5 Å². The van der Waals surface area contributed by atoms with Crippen LogP contribution in [-0.2, 0) is 19.6 Å². The highest BCUT2D eigenvalue weighted by Crippen LogP contribution is 2.31. The zero-order valence-electron chi connectivity index (χ0n) is 14.8. The highest BCUT2D eigenvalue weighted by molar-refractivity contribution is 7.92. The van der Waals surface area contributed by atoms with Crippen molar-refractivity contribution in [1.29, 1.82) is 0 Å². The van der Waals surface area contributed by atoms with E-state index >= 15 is 0 Å². The molecule has 0 radical (unpaired) electrons. The van der Waals surface area contributed by atoms with Crippen molar-refractivity contribution in [2.75, 3.05) is 18.0 Å². The number of sulfonamides is 1. The lowest BCUT2D eigenvalue weighted by Gasteiger charge is -2.24. The molecule has 0 spiro atoms. The number of rotatable bonds is 7. The van der Waals surface area contributed by atoms with E-state index in [-0.39, 0.29) is 11.4 Å². The number of ether oxygens (including phenoxy) is 1. The topological polar surface area (TPSA) is 150 Å². The number of nitro benzene ring substituents is 2. The highest BCUT2D eigenvalue weighted by atomic mass is 32.2. The molecule has 0 aliphatic carbocycles. The van der Waals surface area contributed by atoms with Crippen LogP contribution in [-0.4, -0.2) is 37.9 Å². The van der Waals surface area contributed by atoms with Crippen molar-refractivity contribution in [2.45, 2.75) is 11.8 Å². The van der Waals surface area contributed by atoms with Gasteiger partial charge in [-0.1, -0.05) is 12.1 Å². The standard InChI is InChI=1S/C16H15N3O8S/c1-11-6-7-13(19(23)24)9-15(11)17(10-16(20)27-2)28(25,26)14-5-3-4-12(8-14)18(21)22/h3-9H,10H2,1-2H3. The summed E-state index contributed by atoms with van der Waals surface area (Å²) in [4.78, 5) is 31.9. The van der Waals surface area contributed by atoms with E-state index in [0.717, 1.165) is 31.4 Å². The Bertz CT molecular complexity index is 1050. The van der Waals surface area contributed by atoms with Gasteiger partial charge < -0.3 is 4.74 Å². The van der Waals surface area contributed by atoms with Gasteiger partial charge in [0.25, 0.3) is 21.4 Å². The molecule has 0 saturated heterocycles. The van der Waals surface area contributed by atoms with Gasteiger partial charge in [0.15, 0.2) is 0 Å². The van der Waals surface area contributed by atoms with Crippen LogP contribution in [0.25, 0.3) is 0 Å². The normalized spacial score (nSPS) is 10.9. The number of carbonyl (C=O) groups excluding carboxylic acids is 1. The number of aryl methyl sites for hydroxylation is 1. The summed E-state index contributed by atoms with van der Waals surface area (Å²) in [6, 6.07) is 7.79. The van der Waals surface area contributed by atoms with Gasteiger partial charge >= 0.3 is 5.97 Å². The lowest BCUT2D eigenvalue weighted by molar-refractivity contribution is -0.385.